The van der Waals surface area contributed by atoms with Crippen molar-refractivity contribution in [2.24, 2.45) is 0 Å². The van der Waals surface area contributed by atoms with Gasteiger partial charge < -0.3 is 9.64 Å². The highest BCUT2D eigenvalue weighted by molar-refractivity contribution is 5.94. The first-order valence-electron chi connectivity index (χ1n) is 4.80. The Bertz CT molecular complexity index is 404. The van der Waals surface area contributed by atoms with Crippen LogP contribution in [0.3, 0.4) is 0 Å². The molecule has 0 atom stereocenters. The number of nitrogens with zero attached hydrogens (tertiary/aromatic N) is 1. The van der Waals surface area contributed by atoms with Crippen LogP contribution in [0.15, 0.2) is 30.9 Å². The van der Waals surface area contributed by atoms with Gasteiger partial charge in [0.2, 0.25) is 0 Å². The molecule has 0 aromatic heterocycles. The molecule has 16 heavy (non-hydrogen) atoms. The molecule has 1 aromatic rings. The Morgan fingerprint density at radius 3 is 2.81 bits per heavy atom. The van der Waals surface area contributed by atoms with Gasteiger partial charge >= 0.3 is 0 Å². The molecule has 0 radical (unpaired) electrons. The van der Waals surface area contributed by atoms with Gasteiger partial charge in [0.15, 0.2) is 0 Å². The molecule has 0 spiro atoms. The molecule has 0 N–H and O–H groups in total. The Hall–Kier alpha value is -1.84. The second kappa shape index (κ2) is 5.30. The number of carbonyl (C=O) groups is 1. The molecule has 1 aromatic carbocycles. The van der Waals surface area contributed by atoms with Gasteiger partial charge in [-0.2, -0.15) is 0 Å². The molecule has 86 valence electrons. The Morgan fingerprint density at radius 2 is 2.31 bits per heavy atom. The van der Waals surface area contributed by atoms with E-state index in [9.17, 15) is 9.18 Å². The van der Waals surface area contributed by atoms with Crippen molar-refractivity contribution in [3.8, 4) is 5.75 Å². The van der Waals surface area contributed by atoms with Crippen LogP contribution in [-0.2, 0) is 0 Å². The molecule has 0 fully saturated rings. The molecule has 0 unspecified atom stereocenters. The molecule has 0 bridgehead atoms. The topological polar surface area (TPSA) is 29.5 Å². The normalized spacial score (nSPS) is 9.69. The molecule has 0 saturated carbocycles. The summed E-state index contributed by atoms with van der Waals surface area (Å²) in [7, 11) is 3.04. The second-order valence-electron chi connectivity index (χ2n) is 3.32. The summed E-state index contributed by atoms with van der Waals surface area (Å²) in [5, 5.41) is 0. The van der Waals surface area contributed by atoms with E-state index in [0.29, 0.717) is 12.3 Å². The maximum absolute atomic E-state index is 13.5. The summed E-state index contributed by atoms with van der Waals surface area (Å²) in [6.07, 6.45) is 1.58. The quantitative estimate of drug-likeness (QED) is 0.731. The molecule has 0 saturated heterocycles. The first-order valence-corrected chi connectivity index (χ1v) is 4.80. The molecular formula is C12H14FNO2. The zero-order valence-corrected chi connectivity index (χ0v) is 9.37. The van der Waals surface area contributed by atoms with E-state index in [2.05, 4.69) is 6.58 Å². The average molecular weight is 223 g/mol. The van der Waals surface area contributed by atoms with Gasteiger partial charge in [-0.3, -0.25) is 4.79 Å². The van der Waals surface area contributed by atoms with Crippen LogP contribution in [0.5, 0.6) is 5.75 Å². The summed E-state index contributed by atoms with van der Waals surface area (Å²) in [4.78, 5) is 13.1. The number of hydrogen-bond donors (Lipinski definition) is 0. The predicted molar refractivity (Wildman–Crippen MR) is 60.1 cm³/mol. The first kappa shape index (κ1) is 12.2. The third-order valence-electron chi connectivity index (χ3n) is 2.16. The summed E-state index contributed by atoms with van der Waals surface area (Å²) in [5.41, 5.74) is 0.0325. The maximum Gasteiger partial charge on any atom is 0.256 e. The van der Waals surface area contributed by atoms with Crippen LogP contribution in [0.2, 0.25) is 0 Å². The zero-order chi connectivity index (χ0) is 12.1. The number of halogens is 1. The van der Waals surface area contributed by atoms with Crippen LogP contribution < -0.4 is 4.74 Å². The third-order valence-corrected chi connectivity index (χ3v) is 2.16. The minimum absolute atomic E-state index is 0.0325. The monoisotopic (exact) mass is 223 g/mol. The number of benzene rings is 1. The minimum Gasteiger partial charge on any atom is -0.497 e. The van der Waals surface area contributed by atoms with E-state index in [1.807, 2.05) is 0 Å². The number of carbonyl (C=O) groups excluding carboxylic acids is 1. The average Bonchev–Trinajstić information content (AvgIpc) is 2.28. The number of rotatable bonds is 4. The van der Waals surface area contributed by atoms with Crippen LogP contribution in [0.25, 0.3) is 0 Å². The van der Waals surface area contributed by atoms with Crippen molar-refractivity contribution in [1.29, 1.82) is 0 Å². The van der Waals surface area contributed by atoms with Crippen molar-refractivity contribution in [3.05, 3.63) is 42.2 Å². The predicted octanol–water partition coefficient (Wildman–Crippen LogP) is 2.09. The summed E-state index contributed by atoms with van der Waals surface area (Å²) < 4.78 is 18.4. The van der Waals surface area contributed by atoms with Gasteiger partial charge in [0.25, 0.3) is 5.91 Å². The minimum atomic E-state index is -0.583. The van der Waals surface area contributed by atoms with Crippen LogP contribution in [0.4, 0.5) is 4.39 Å². The maximum atomic E-state index is 13.5. The van der Waals surface area contributed by atoms with Gasteiger partial charge in [-0.15, -0.1) is 6.58 Å². The number of ether oxygens (including phenoxy) is 1. The fourth-order valence-corrected chi connectivity index (χ4v) is 1.28. The fraction of sp³-hybridized carbons (Fsp3) is 0.250. The molecular weight excluding hydrogens is 209 g/mol. The van der Waals surface area contributed by atoms with Crippen molar-refractivity contribution in [1.82, 2.24) is 4.90 Å². The van der Waals surface area contributed by atoms with Crippen molar-refractivity contribution >= 4 is 5.91 Å². The lowest BCUT2D eigenvalue weighted by Gasteiger charge is -2.15. The van der Waals surface area contributed by atoms with Crippen molar-refractivity contribution < 1.29 is 13.9 Å². The van der Waals surface area contributed by atoms with Gasteiger partial charge in [0.1, 0.15) is 11.6 Å². The third kappa shape index (κ3) is 2.59. The summed E-state index contributed by atoms with van der Waals surface area (Å²) in [5.74, 6) is -0.569. The van der Waals surface area contributed by atoms with Crippen LogP contribution in [-0.4, -0.2) is 31.5 Å². The van der Waals surface area contributed by atoms with Gasteiger partial charge in [-0.1, -0.05) is 6.08 Å². The van der Waals surface area contributed by atoms with Gasteiger partial charge in [0, 0.05) is 19.7 Å². The molecule has 0 aliphatic heterocycles. The molecule has 4 heteroatoms. The van der Waals surface area contributed by atoms with Gasteiger partial charge in [-0.05, 0) is 12.1 Å². The lowest BCUT2D eigenvalue weighted by atomic mass is 10.2. The van der Waals surface area contributed by atoms with Crippen molar-refractivity contribution in [2.75, 3.05) is 20.7 Å². The Kier molecular flexibility index (Phi) is 4.05. The number of methoxy groups -OCH3 is 1. The molecule has 0 aliphatic rings. The van der Waals surface area contributed by atoms with Gasteiger partial charge in [0.05, 0.1) is 12.7 Å². The lowest BCUT2D eigenvalue weighted by molar-refractivity contribution is 0.0805. The van der Waals surface area contributed by atoms with Crippen LogP contribution in [0, 0.1) is 5.82 Å². The molecule has 1 amide bonds. The zero-order valence-electron chi connectivity index (χ0n) is 9.37. The van der Waals surface area contributed by atoms with E-state index in [4.69, 9.17) is 4.74 Å². The van der Waals surface area contributed by atoms with E-state index in [1.165, 1.54) is 24.1 Å². The largest absolute Gasteiger partial charge is 0.497 e. The lowest BCUT2D eigenvalue weighted by Crippen LogP contribution is -2.27. The first-order chi connectivity index (χ1) is 7.60. The molecule has 3 nitrogen and oxygen atoms in total. The van der Waals surface area contributed by atoms with E-state index in [-0.39, 0.29) is 11.5 Å². The SMILES string of the molecule is C=CCN(C)C(=O)c1ccc(OC)cc1F. The van der Waals surface area contributed by atoms with Crippen LogP contribution in [0.1, 0.15) is 10.4 Å². The Balaban J connectivity index is 2.95. The highest BCUT2D eigenvalue weighted by atomic mass is 19.1. The van der Waals surface area contributed by atoms with Crippen molar-refractivity contribution in [2.45, 2.75) is 0 Å². The highest BCUT2D eigenvalue weighted by Crippen LogP contribution is 2.17. The Morgan fingerprint density at radius 1 is 1.62 bits per heavy atom. The molecule has 0 heterocycles. The summed E-state index contributed by atoms with van der Waals surface area (Å²) in [6, 6.07) is 4.16. The number of hydrogen-bond acceptors (Lipinski definition) is 2. The van der Waals surface area contributed by atoms with E-state index >= 15 is 0 Å². The fourth-order valence-electron chi connectivity index (χ4n) is 1.28. The summed E-state index contributed by atoms with van der Waals surface area (Å²) >= 11 is 0. The van der Waals surface area contributed by atoms with E-state index < -0.39 is 5.82 Å². The van der Waals surface area contributed by atoms with E-state index in [0.717, 1.165) is 0 Å². The standard InChI is InChI=1S/C12H14FNO2/c1-4-7-14(2)12(15)10-6-5-9(16-3)8-11(10)13/h4-6,8H,1,7H2,2-3H3. The van der Waals surface area contributed by atoms with Crippen LogP contribution >= 0.6 is 0 Å². The second-order valence-corrected chi connectivity index (χ2v) is 3.32. The van der Waals surface area contributed by atoms with E-state index in [1.54, 1.807) is 19.2 Å². The van der Waals surface area contributed by atoms with Gasteiger partial charge in [-0.25, -0.2) is 4.39 Å². The molecule has 0 aliphatic carbocycles. The summed E-state index contributed by atoms with van der Waals surface area (Å²) in [6.45, 7) is 3.90. The molecule has 1 rings (SSSR count). The van der Waals surface area contributed by atoms with Crippen molar-refractivity contribution in [3.63, 3.8) is 0 Å². The smallest absolute Gasteiger partial charge is 0.256 e. The highest BCUT2D eigenvalue weighted by Gasteiger charge is 2.15. The number of likely N-dealkylation sites (N-methyl/N-ethyl adjacent to an activating group) is 1. The number of amides is 1. The Labute approximate surface area is 94.1 Å².